The Morgan fingerprint density at radius 1 is 1.50 bits per heavy atom. The Bertz CT molecular complexity index is 448. The Balaban J connectivity index is 1.98. The molecule has 16 heavy (non-hydrogen) atoms. The highest BCUT2D eigenvalue weighted by atomic mass is 32.1. The van der Waals surface area contributed by atoms with Crippen molar-refractivity contribution in [2.75, 3.05) is 0 Å². The van der Waals surface area contributed by atoms with Crippen molar-refractivity contribution < 1.29 is 0 Å². The third-order valence-electron chi connectivity index (χ3n) is 2.50. The fourth-order valence-corrected chi connectivity index (χ4v) is 2.71. The number of tetrazole rings is 1. The van der Waals surface area contributed by atoms with E-state index in [0.717, 1.165) is 0 Å². The Morgan fingerprint density at radius 3 is 2.88 bits per heavy atom. The van der Waals surface area contributed by atoms with Crippen molar-refractivity contribution in [3.05, 3.63) is 27.2 Å². The maximum absolute atomic E-state index is 3.90. The molecule has 86 valence electrons. The molecular weight excluding hydrogens is 222 g/mol. The van der Waals surface area contributed by atoms with Crippen molar-refractivity contribution in [2.45, 2.75) is 33.4 Å². The average molecular weight is 237 g/mol. The van der Waals surface area contributed by atoms with E-state index in [2.05, 4.69) is 52.8 Å². The van der Waals surface area contributed by atoms with Gasteiger partial charge in [-0.3, -0.25) is 0 Å². The Labute approximate surface area is 98.3 Å². The van der Waals surface area contributed by atoms with Crippen LogP contribution < -0.4 is 5.32 Å². The third-order valence-corrected chi connectivity index (χ3v) is 3.48. The highest BCUT2D eigenvalue weighted by molar-refractivity contribution is 7.12. The number of rotatable bonds is 4. The van der Waals surface area contributed by atoms with Crippen molar-refractivity contribution in [3.63, 3.8) is 0 Å². The number of nitrogens with zero attached hydrogens (tertiary/aromatic N) is 3. The zero-order valence-corrected chi connectivity index (χ0v) is 10.4. The molecule has 1 atom stereocenters. The minimum atomic E-state index is 0.309. The first-order valence-electron chi connectivity index (χ1n) is 5.19. The summed E-state index contributed by atoms with van der Waals surface area (Å²) in [6.07, 6.45) is 0. The van der Waals surface area contributed by atoms with E-state index in [1.807, 2.05) is 11.3 Å². The van der Waals surface area contributed by atoms with Gasteiger partial charge in [-0.1, -0.05) is 5.21 Å². The summed E-state index contributed by atoms with van der Waals surface area (Å²) in [5.74, 6) is 0.691. The molecule has 0 radical (unpaired) electrons. The number of nitrogens with one attached hydrogen (secondary N) is 2. The number of thiophene rings is 1. The highest BCUT2D eigenvalue weighted by Crippen LogP contribution is 2.26. The Kier molecular flexibility index (Phi) is 3.31. The maximum Gasteiger partial charge on any atom is 0.188 e. The van der Waals surface area contributed by atoms with E-state index in [1.165, 1.54) is 15.3 Å². The standard InChI is InChI=1S/C10H15N5S/c1-6-4-9(8(3)16-6)7(2)11-5-10-12-14-15-13-10/h4,7,11H,5H2,1-3H3,(H,12,13,14,15). The van der Waals surface area contributed by atoms with Gasteiger partial charge in [-0.2, -0.15) is 5.21 Å². The van der Waals surface area contributed by atoms with Gasteiger partial charge in [0, 0.05) is 15.8 Å². The van der Waals surface area contributed by atoms with Crippen LogP contribution in [0.3, 0.4) is 0 Å². The van der Waals surface area contributed by atoms with E-state index in [4.69, 9.17) is 0 Å². The van der Waals surface area contributed by atoms with Gasteiger partial charge in [0.05, 0.1) is 6.54 Å². The van der Waals surface area contributed by atoms with Gasteiger partial charge in [0.25, 0.3) is 0 Å². The minimum absolute atomic E-state index is 0.309. The van der Waals surface area contributed by atoms with E-state index in [0.29, 0.717) is 18.4 Å². The zero-order valence-electron chi connectivity index (χ0n) is 9.61. The average Bonchev–Trinajstić information content (AvgIpc) is 2.84. The Morgan fingerprint density at radius 2 is 2.31 bits per heavy atom. The summed E-state index contributed by atoms with van der Waals surface area (Å²) in [5.41, 5.74) is 1.35. The van der Waals surface area contributed by atoms with Gasteiger partial charge < -0.3 is 5.32 Å². The van der Waals surface area contributed by atoms with Crippen LogP contribution in [0, 0.1) is 13.8 Å². The van der Waals surface area contributed by atoms with E-state index in [-0.39, 0.29) is 0 Å². The van der Waals surface area contributed by atoms with Crippen molar-refractivity contribution in [3.8, 4) is 0 Å². The monoisotopic (exact) mass is 237 g/mol. The van der Waals surface area contributed by atoms with Gasteiger partial charge in [0.15, 0.2) is 5.82 Å². The van der Waals surface area contributed by atoms with Gasteiger partial charge in [0.2, 0.25) is 0 Å². The second-order valence-electron chi connectivity index (χ2n) is 3.80. The first kappa shape index (κ1) is 11.2. The van der Waals surface area contributed by atoms with Crippen LogP contribution >= 0.6 is 11.3 Å². The van der Waals surface area contributed by atoms with Gasteiger partial charge in [-0.25, -0.2) is 0 Å². The van der Waals surface area contributed by atoms with Crippen LogP contribution in [-0.2, 0) is 6.54 Å². The van der Waals surface area contributed by atoms with Gasteiger partial charge >= 0.3 is 0 Å². The number of aromatic nitrogens is 4. The molecule has 0 aliphatic heterocycles. The molecule has 0 saturated heterocycles. The lowest BCUT2D eigenvalue weighted by molar-refractivity contribution is 0.559. The lowest BCUT2D eigenvalue weighted by Gasteiger charge is -2.11. The van der Waals surface area contributed by atoms with Crippen LogP contribution in [0.1, 0.15) is 34.1 Å². The molecule has 0 saturated carbocycles. The summed E-state index contributed by atoms with van der Waals surface area (Å²) in [6.45, 7) is 7.06. The van der Waals surface area contributed by atoms with Crippen molar-refractivity contribution in [2.24, 2.45) is 0 Å². The van der Waals surface area contributed by atoms with E-state index >= 15 is 0 Å². The first-order valence-corrected chi connectivity index (χ1v) is 6.01. The smallest absolute Gasteiger partial charge is 0.188 e. The summed E-state index contributed by atoms with van der Waals surface area (Å²) in [4.78, 5) is 2.71. The lowest BCUT2D eigenvalue weighted by atomic mass is 10.1. The van der Waals surface area contributed by atoms with Crippen LogP contribution in [0.2, 0.25) is 0 Å². The zero-order chi connectivity index (χ0) is 11.5. The number of hydrogen-bond donors (Lipinski definition) is 2. The van der Waals surface area contributed by atoms with Gasteiger partial charge in [-0.05, 0) is 32.4 Å². The molecule has 5 nitrogen and oxygen atoms in total. The summed E-state index contributed by atoms with van der Waals surface area (Å²) in [5, 5.41) is 17.1. The highest BCUT2D eigenvalue weighted by Gasteiger charge is 2.11. The molecule has 0 aliphatic carbocycles. The molecule has 0 fully saturated rings. The van der Waals surface area contributed by atoms with Gasteiger partial charge in [-0.15, -0.1) is 21.5 Å². The van der Waals surface area contributed by atoms with E-state index < -0.39 is 0 Å². The number of hydrogen-bond acceptors (Lipinski definition) is 5. The van der Waals surface area contributed by atoms with E-state index in [1.54, 1.807) is 0 Å². The topological polar surface area (TPSA) is 66.5 Å². The maximum atomic E-state index is 3.90. The normalized spacial score (nSPS) is 12.9. The summed E-state index contributed by atoms with van der Waals surface area (Å²) in [6, 6.07) is 2.54. The molecule has 0 bridgehead atoms. The molecule has 2 aromatic heterocycles. The molecule has 2 heterocycles. The van der Waals surface area contributed by atoms with Crippen LogP contribution in [0.4, 0.5) is 0 Å². The second-order valence-corrected chi connectivity index (χ2v) is 5.26. The van der Waals surface area contributed by atoms with Crippen molar-refractivity contribution in [1.82, 2.24) is 25.9 Å². The fourth-order valence-electron chi connectivity index (χ4n) is 1.69. The molecule has 0 amide bonds. The molecule has 0 aliphatic rings. The summed E-state index contributed by atoms with van der Waals surface area (Å²) >= 11 is 1.83. The van der Waals surface area contributed by atoms with E-state index in [9.17, 15) is 0 Å². The predicted molar refractivity (Wildman–Crippen MR) is 63.2 cm³/mol. The third kappa shape index (κ3) is 2.45. The number of aromatic amines is 1. The molecule has 1 unspecified atom stereocenters. The minimum Gasteiger partial charge on any atom is -0.303 e. The second kappa shape index (κ2) is 4.71. The molecule has 2 N–H and O–H groups in total. The number of H-pyrrole nitrogens is 1. The largest absolute Gasteiger partial charge is 0.303 e. The quantitative estimate of drug-likeness (QED) is 0.850. The molecule has 2 rings (SSSR count). The molecule has 2 aromatic rings. The van der Waals surface area contributed by atoms with Crippen LogP contribution in [0.5, 0.6) is 0 Å². The summed E-state index contributed by atoms with van der Waals surface area (Å²) in [7, 11) is 0. The molecule has 0 aromatic carbocycles. The van der Waals surface area contributed by atoms with Crippen molar-refractivity contribution >= 4 is 11.3 Å². The first-order chi connectivity index (χ1) is 7.66. The SMILES string of the molecule is Cc1cc(C(C)NCc2nn[nH]n2)c(C)s1. The predicted octanol–water partition coefficient (Wildman–Crippen LogP) is 1.73. The molecular formula is C10H15N5S. The Hall–Kier alpha value is -1.27. The van der Waals surface area contributed by atoms with Crippen molar-refractivity contribution in [1.29, 1.82) is 0 Å². The van der Waals surface area contributed by atoms with Crippen LogP contribution in [0.15, 0.2) is 6.07 Å². The van der Waals surface area contributed by atoms with Crippen LogP contribution in [0.25, 0.3) is 0 Å². The lowest BCUT2D eigenvalue weighted by Crippen LogP contribution is -2.19. The molecule has 6 heteroatoms. The summed E-state index contributed by atoms with van der Waals surface area (Å²) < 4.78 is 0. The van der Waals surface area contributed by atoms with Gasteiger partial charge in [0.1, 0.15) is 0 Å². The molecule has 0 spiro atoms. The van der Waals surface area contributed by atoms with Crippen LogP contribution in [-0.4, -0.2) is 20.6 Å². The fraction of sp³-hybridized carbons (Fsp3) is 0.500. The number of aryl methyl sites for hydroxylation is 2.